The van der Waals surface area contributed by atoms with E-state index in [1.807, 2.05) is 0 Å². The molecule has 2 fully saturated rings. The standard InChI is InChI=1S/C17H22N2O7S/c1-24-16-9-10-17(25-2,26-16)11-18-27(22,23)13-5-3-12(4-6-13)19-14(20)7-8-15(19)21/h3-6,16,18H,7-11H2,1-2H3. The Hall–Kier alpha value is -1.85. The average molecular weight is 398 g/mol. The number of methoxy groups -OCH3 is 2. The van der Waals surface area contributed by atoms with E-state index in [1.54, 1.807) is 0 Å². The number of benzene rings is 1. The van der Waals surface area contributed by atoms with E-state index in [1.165, 1.54) is 38.5 Å². The van der Waals surface area contributed by atoms with Crippen molar-refractivity contribution in [2.75, 3.05) is 25.7 Å². The van der Waals surface area contributed by atoms with E-state index in [4.69, 9.17) is 14.2 Å². The molecule has 2 aliphatic rings. The van der Waals surface area contributed by atoms with Crippen LogP contribution in [-0.2, 0) is 33.8 Å². The van der Waals surface area contributed by atoms with E-state index in [9.17, 15) is 18.0 Å². The summed E-state index contributed by atoms with van der Waals surface area (Å²) in [4.78, 5) is 24.6. The summed E-state index contributed by atoms with van der Waals surface area (Å²) in [5.74, 6) is -1.66. The van der Waals surface area contributed by atoms with Crippen LogP contribution in [-0.4, -0.2) is 53.1 Å². The molecule has 1 aromatic rings. The van der Waals surface area contributed by atoms with Crippen LogP contribution >= 0.6 is 0 Å². The topological polar surface area (TPSA) is 111 Å². The van der Waals surface area contributed by atoms with E-state index < -0.39 is 22.1 Å². The lowest BCUT2D eigenvalue weighted by Gasteiger charge is -2.27. The monoisotopic (exact) mass is 398 g/mol. The smallest absolute Gasteiger partial charge is 0.240 e. The normalized spacial score (nSPS) is 26.1. The predicted molar refractivity (Wildman–Crippen MR) is 94.2 cm³/mol. The molecule has 0 spiro atoms. The van der Waals surface area contributed by atoms with Crippen molar-refractivity contribution in [1.29, 1.82) is 0 Å². The summed E-state index contributed by atoms with van der Waals surface area (Å²) in [6.07, 6.45) is 0.981. The molecule has 0 aliphatic carbocycles. The fourth-order valence-corrected chi connectivity index (χ4v) is 4.21. The SMILES string of the molecule is COC1CCC(CNS(=O)(=O)c2ccc(N3C(=O)CCC3=O)cc2)(OC)O1. The van der Waals surface area contributed by atoms with Gasteiger partial charge in [0.15, 0.2) is 12.1 Å². The predicted octanol–water partition coefficient (Wildman–Crippen LogP) is 0.744. The van der Waals surface area contributed by atoms with Crippen molar-refractivity contribution < 1.29 is 32.2 Å². The van der Waals surface area contributed by atoms with Gasteiger partial charge in [0.2, 0.25) is 21.8 Å². The summed E-state index contributed by atoms with van der Waals surface area (Å²) in [7, 11) is -0.865. The van der Waals surface area contributed by atoms with E-state index in [0.717, 1.165) is 4.90 Å². The molecule has 2 amide bonds. The lowest BCUT2D eigenvalue weighted by atomic mass is 10.2. The van der Waals surface area contributed by atoms with Gasteiger partial charge in [0.25, 0.3) is 0 Å². The van der Waals surface area contributed by atoms with Crippen molar-refractivity contribution in [3.05, 3.63) is 24.3 Å². The molecule has 1 N–H and O–H groups in total. The molecule has 2 unspecified atom stereocenters. The van der Waals surface area contributed by atoms with Crippen LogP contribution in [0, 0.1) is 0 Å². The van der Waals surface area contributed by atoms with Crippen molar-refractivity contribution in [3.63, 3.8) is 0 Å². The first-order valence-corrected chi connectivity index (χ1v) is 10.00. The van der Waals surface area contributed by atoms with Gasteiger partial charge in [-0.25, -0.2) is 13.1 Å². The summed E-state index contributed by atoms with van der Waals surface area (Å²) in [6, 6.07) is 5.58. The molecule has 0 aromatic heterocycles. The molecule has 2 heterocycles. The van der Waals surface area contributed by atoms with Gasteiger partial charge in [-0.3, -0.25) is 14.5 Å². The molecule has 2 saturated heterocycles. The van der Waals surface area contributed by atoms with E-state index in [-0.39, 0.29) is 36.1 Å². The number of imide groups is 1. The van der Waals surface area contributed by atoms with Gasteiger partial charge in [0, 0.05) is 39.9 Å². The molecule has 2 aliphatic heterocycles. The van der Waals surface area contributed by atoms with Gasteiger partial charge < -0.3 is 14.2 Å². The van der Waals surface area contributed by atoms with Crippen molar-refractivity contribution >= 4 is 27.5 Å². The first-order valence-electron chi connectivity index (χ1n) is 8.51. The maximum absolute atomic E-state index is 12.6. The Bertz CT molecular complexity index is 808. The molecule has 27 heavy (non-hydrogen) atoms. The van der Waals surface area contributed by atoms with Gasteiger partial charge in [0.1, 0.15) is 0 Å². The maximum Gasteiger partial charge on any atom is 0.240 e. The quantitative estimate of drug-likeness (QED) is 0.675. The zero-order valence-electron chi connectivity index (χ0n) is 15.1. The van der Waals surface area contributed by atoms with Crippen LogP contribution < -0.4 is 9.62 Å². The van der Waals surface area contributed by atoms with Crippen LogP contribution in [0.25, 0.3) is 0 Å². The van der Waals surface area contributed by atoms with Crippen molar-refractivity contribution in [3.8, 4) is 0 Å². The van der Waals surface area contributed by atoms with Gasteiger partial charge in [-0.1, -0.05) is 0 Å². The van der Waals surface area contributed by atoms with Crippen LogP contribution in [0.4, 0.5) is 5.69 Å². The molecule has 148 valence electrons. The fourth-order valence-electron chi connectivity index (χ4n) is 3.14. The highest BCUT2D eigenvalue weighted by Crippen LogP contribution is 2.31. The highest BCUT2D eigenvalue weighted by molar-refractivity contribution is 7.89. The largest absolute Gasteiger partial charge is 0.356 e. The van der Waals surface area contributed by atoms with Crippen LogP contribution in [0.5, 0.6) is 0 Å². The molecular weight excluding hydrogens is 376 g/mol. The van der Waals surface area contributed by atoms with Gasteiger partial charge >= 0.3 is 0 Å². The zero-order valence-corrected chi connectivity index (χ0v) is 16.0. The van der Waals surface area contributed by atoms with Gasteiger partial charge in [0.05, 0.1) is 17.1 Å². The molecule has 1 aromatic carbocycles. The Kier molecular flexibility index (Phi) is 5.63. The number of carbonyl (C=O) groups is 2. The summed E-state index contributed by atoms with van der Waals surface area (Å²) in [5.41, 5.74) is 0.358. The molecule has 0 radical (unpaired) electrons. The van der Waals surface area contributed by atoms with Crippen LogP contribution in [0.15, 0.2) is 29.2 Å². The van der Waals surface area contributed by atoms with Gasteiger partial charge in [-0.05, 0) is 24.3 Å². The lowest BCUT2D eigenvalue weighted by Crippen LogP contribution is -2.44. The van der Waals surface area contributed by atoms with Crippen LogP contribution in [0.3, 0.4) is 0 Å². The van der Waals surface area contributed by atoms with Crippen molar-refractivity contribution in [2.24, 2.45) is 0 Å². The second-order valence-electron chi connectivity index (χ2n) is 6.38. The Morgan fingerprint density at radius 1 is 1.19 bits per heavy atom. The Balaban J connectivity index is 1.70. The molecule has 0 saturated carbocycles. The highest BCUT2D eigenvalue weighted by Gasteiger charge is 2.41. The molecule has 10 heteroatoms. The summed E-state index contributed by atoms with van der Waals surface area (Å²) >= 11 is 0. The summed E-state index contributed by atoms with van der Waals surface area (Å²) < 4.78 is 43.7. The fraction of sp³-hybridized carbons (Fsp3) is 0.529. The number of nitrogens with one attached hydrogen (secondary N) is 1. The van der Waals surface area contributed by atoms with Crippen LogP contribution in [0.2, 0.25) is 0 Å². The number of hydrogen-bond acceptors (Lipinski definition) is 7. The number of carbonyl (C=O) groups excluding carboxylic acids is 2. The zero-order chi connectivity index (χ0) is 19.7. The minimum atomic E-state index is -3.83. The second-order valence-corrected chi connectivity index (χ2v) is 8.14. The molecule has 9 nitrogen and oxygen atoms in total. The summed E-state index contributed by atoms with van der Waals surface area (Å²) in [5, 5.41) is 0. The Morgan fingerprint density at radius 3 is 2.33 bits per heavy atom. The van der Waals surface area contributed by atoms with E-state index in [2.05, 4.69) is 4.72 Å². The number of ether oxygens (including phenoxy) is 3. The van der Waals surface area contributed by atoms with Crippen molar-refractivity contribution in [1.82, 2.24) is 4.72 Å². The minimum absolute atomic E-state index is 0.0119. The van der Waals surface area contributed by atoms with E-state index >= 15 is 0 Å². The van der Waals surface area contributed by atoms with Gasteiger partial charge in [-0.2, -0.15) is 0 Å². The number of anilines is 1. The number of rotatable bonds is 7. The Labute approximate surface area is 157 Å². The lowest BCUT2D eigenvalue weighted by molar-refractivity contribution is -0.251. The molecule has 2 atom stereocenters. The average Bonchev–Trinajstić information content (AvgIpc) is 3.24. The van der Waals surface area contributed by atoms with Gasteiger partial charge in [-0.15, -0.1) is 0 Å². The van der Waals surface area contributed by atoms with Crippen molar-refractivity contribution in [2.45, 2.75) is 42.7 Å². The Morgan fingerprint density at radius 2 is 1.81 bits per heavy atom. The maximum atomic E-state index is 12.6. The first-order chi connectivity index (χ1) is 12.8. The number of hydrogen-bond donors (Lipinski definition) is 1. The summed E-state index contributed by atoms with van der Waals surface area (Å²) in [6.45, 7) is -0.0729. The number of nitrogens with zero attached hydrogens (tertiary/aromatic N) is 1. The third kappa shape index (κ3) is 4.04. The first kappa shape index (κ1) is 19.9. The third-order valence-corrected chi connectivity index (χ3v) is 6.15. The highest BCUT2D eigenvalue weighted by atomic mass is 32.2. The molecule has 0 bridgehead atoms. The van der Waals surface area contributed by atoms with Crippen LogP contribution in [0.1, 0.15) is 25.7 Å². The number of sulfonamides is 1. The molecule has 3 rings (SSSR count). The number of amides is 2. The van der Waals surface area contributed by atoms with E-state index in [0.29, 0.717) is 18.5 Å². The minimum Gasteiger partial charge on any atom is -0.356 e. The molecular formula is C17H22N2O7S. The third-order valence-electron chi connectivity index (χ3n) is 4.73. The second kappa shape index (κ2) is 7.64.